The predicted octanol–water partition coefficient (Wildman–Crippen LogP) is 5.14. The second-order valence-electron chi connectivity index (χ2n) is 10.0. The molecule has 0 saturated carbocycles. The highest BCUT2D eigenvalue weighted by atomic mass is 16.5. The van der Waals surface area contributed by atoms with Crippen LogP contribution in [-0.2, 0) is 0 Å². The molecule has 2 aliphatic rings. The van der Waals surface area contributed by atoms with E-state index in [1.807, 2.05) is 0 Å². The molecule has 5 N–H and O–H groups in total. The Morgan fingerprint density at radius 3 is 2.03 bits per heavy atom. The zero-order chi connectivity index (χ0) is 27.2. The van der Waals surface area contributed by atoms with Gasteiger partial charge in [0.1, 0.15) is 58.0 Å². The second-order valence-corrected chi connectivity index (χ2v) is 10.0. The maximum absolute atomic E-state index is 13.0. The number of aromatic hydroxyl groups is 5. The van der Waals surface area contributed by atoms with E-state index in [-0.39, 0.29) is 85.1 Å². The van der Waals surface area contributed by atoms with Gasteiger partial charge in [-0.25, -0.2) is 0 Å². The van der Waals surface area contributed by atoms with E-state index in [1.54, 1.807) is 20.8 Å². The summed E-state index contributed by atoms with van der Waals surface area (Å²) in [5.74, 6) is -2.87. The highest BCUT2D eigenvalue weighted by molar-refractivity contribution is 6.18. The average molecular weight is 517 g/mol. The van der Waals surface area contributed by atoms with Crippen LogP contribution in [-0.4, -0.2) is 49.3 Å². The molecule has 0 fully saturated rings. The maximum Gasteiger partial charge on any atom is 0.176 e. The molecule has 0 bridgehead atoms. The summed E-state index contributed by atoms with van der Waals surface area (Å²) in [5.41, 5.74) is 0.269. The third kappa shape index (κ3) is 3.17. The van der Waals surface area contributed by atoms with Gasteiger partial charge >= 0.3 is 0 Å². The number of hydrogen-bond acceptors (Lipinski definition) is 9. The van der Waals surface area contributed by atoms with Crippen molar-refractivity contribution in [1.82, 2.24) is 0 Å². The molecule has 9 nitrogen and oxygen atoms in total. The standard InChI is InChI=1S/C29H24O9/c1-10-4-17(30)15-5-13-14(6-22(15)37-10)24(19(32)8-18(13)31)25-16-7-23-27(28(35)11(2)12(3)38-23)29(36)26(16)21(34)9-20(25)33/h5-12,31-34,36H,4H2,1-3H3. The Morgan fingerprint density at radius 2 is 1.32 bits per heavy atom. The van der Waals surface area contributed by atoms with Crippen molar-refractivity contribution in [3.8, 4) is 51.4 Å². The molecule has 0 saturated heterocycles. The van der Waals surface area contributed by atoms with Crippen molar-refractivity contribution in [3.05, 3.63) is 41.5 Å². The van der Waals surface area contributed by atoms with E-state index >= 15 is 0 Å². The fraction of sp³-hybridized carbons (Fsp3) is 0.241. The highest BCUT2D eigenvalue weighted by Gasteiger charge is 2.36. The number of carbonyl (C=O) groups is 2. The van der Waals surface area contributed by atoms with Crippen LogP contribution in [0.1, 0.15) is 47.9 Å². The normalized spacial score (nSPS) is 20.7. The second kappa shape index (κ2) is 7.92. The van der Waals surface area contributed by atoms with Gasteiger partial charge in [-0.3, -0.25) is 9.59 Å². The first-order valence-electron chi connectivity index (χ1n) is 12.2. The average Bonchev–Trinajstić information content (AvgIpc) is 2.83. The number of ketones is 2. The van der Waals surface area contributed by atoms with Crippen molar-refractivity contribution in [3.63, 3.8) is 0 Å². The van der Waals surface area contributed by atoms with E-state index in [1.165, 1.54) is 18.2 Å². The molecule has 2 heterocycles. The van der Waals surface area contributed by atoms with Crippen molar-refractivity contribution in [1.29, 1.82) is 0 Å². The number of fused-ring (bicyclic) bond motifs is 4. The van der Waals surface area contributed by atoms with Crippen LogP contribution in [0.25, 0.3) is 32.7 Å². The Bertz CT molecular complexity index is 1740. The molecular formula is C29H24O9. The molecule has 0 amide bonds. The Balaban J connectivity index is 1.74. The first-order chi connectivity index (χ1) is 18.0. The molecule has 4 aromatic carbocycles. The fourth-order valence-electron chi connectivity index (χ4n) is 5.47. The number of benzene rings is 4. The Hall–Kier alpha value is -4.66. The fourth-order valence-corrected chi connectivity index (χ4v) is 5.47. The molecule has 3 unspecified atom stereocenters. The van der Waals surface area contributed by atoms with E-state index < -0.39 is 35.0 Å². The molecule has 9 heteroatoms. The van der Waals surface area contributed by atoms with Gasteiger partial charge in [-0.15, -0.1) is 0 Å². The monoisotopic (exact) mass is 516 g/mol. The topological polar surface area (TPSA) is 154 Å². The summed E-state index contributed by atoms with van der Waals surface area (Å²) in [5, 5.41) is 55.1. The first kappa shape index (κ1) is 23.7. The summed E-state index contributed by atoms with van der Waals surface area (Å²) in [7, 11) is 0. The minimum Gasteiger partial charge on any atom is -0.507 e. The van der Waals surface area contributed by atoms with Crippen LogP contribution in [0.15, 0.2) is 30.3 Å². The Morgan fingerprint density at radius 1 is 0.684 bits per heavy atom. The first-order valence-corrected chi connectivity index (χ1v) is 12.2. The largest absolute Gasteiger partial charge is 0.507 e. The van der Waals surface area contributed by atoms with Crippen molar-refractivity contribution < 1.29 is 44.6 Å². The molecule has 4 aromatic rings. The Labute approximate surface area is 216 Å². The summed E-state index contributed by atoms with van der Waals surface area (Å²) in [6.45, 7) is 5.15. The number of phenols is 5. The molecule has 0 spiro atoms. The highest BCUT2D eigenvalue weighted by Crippen LogP contribution is 2.54. The third-order valence-electron chi connectivity index (χ3n) is 7.54. The number of ether oxygens (including phenoxy) is 2. The number of hydrogen-bond donors (Lipinski definition) is 5. The quantitative estimate of drug-likeness (QED) is 0.231. The van der Waals surface area contributed by atoms with E-state index in [4.69, 9.17) is 9.47 Å². The van der Waals surface area contributed by atoms with Gasteiger partial charge in [0.15, 0.2) is 11.6 Å². The number of rotatable bonds is 1. The summed E-state index contributed by atoms with van der Waals surface area (Å²) >= 11 is 0. The minimum atomic E-state index is -0.536. The van der Waals surface area contributed by atoms with E-state index in [0.29, 0.717) is 0 Å². The lowest BCUT2D eigenvalue weighted by Gasteiger charge is -2.29. The lowest BCUT2D eigenvalue weighted by molar-refractivity contribution is 0.0725. The molecule has 0 aliphatic carbocycles. The van der Waals surface area contributed by atoms with Crippen molar-refractivity contribution >= 4 is 33.1 Å². The molecule has 2 aliphatic heterocycles. The Kier molecular flexibility index (Phi) is 4.94. The van der Waals surface area contributed by atoms with Crippen LogP contribution in [0.3, 0.4) is 0 Å². The van der Waals surface area contributed by atoms with Crippen LogP contribution >= 0.6 is 0 Å². The van der Waals surface area contributed by atoms with Crippen LogP contribution in [0.2, 0.25) is 0 Å². The van der Waals surface area contributed by atoms with E-state index in [0.717, 1.165) is 12.1 Å². The minimum absolute atomic E-state index is 0.0101. The van der Waals surface area contributed by atoms with Crippen molar-refractivity contribution in [2.24, 2.45) is 5.92 Å². The lowest BCUT2D eigenvalue weighted by atomic mass is 9.86. The predicted molar refractivity (Wildman–Crippen MR) is 138 cm³/mol. The smallest absolute Gasteiger partial charge is 0.176 e. The van der Waals surface area contributed by atoms with Gasteiger partial charge < -0.3 is 35.0 Å². The SMILES string of the molecule is CC1CC(=O)c2cc3c(O)cc(O)c(-c4c(O)cc(O)c5c(O)c6c(cc45)OC(C)C(C)C6=O)c3cc2O1. The van der Waals surface area contributed by atoms with Crippen LogP contribution < -0.4 is 9.47 Å². The molecular weight excluding hydrogens is 492 g/mol. The zero-order valence-corrected chi connectivity index (χ0v) is 20.7. The van der Waals surface area contributed by atoms with Gasteiger partial charge in [-0.05, 0) is 32.0 Å². The van der Waals surface area contributed by atoms with Crippen molar-refractivity contribution in [2.75, 3.05) is 0 Å². The van der Waals surface area contributed by atoms with Crippen LogP contribution in [0.5, 0.6) is 40.2 Å². The summed E-state index contributed by atoms with van der Waals surface area (Å²) < 4.78 is 11.8. The summed E-state index contributed by atoms with van der Waals surface area (Å²) in [4.78, 5) is 25.6. The molecule has 6 rings (SSSR count). The van der Waals surface area contributed by atoms with Gasteiger partial charge in [-0.1, -0.05) is 6.92 Å². The summed E-state index contributed by atoms with van der Waals surface area (Å²) in [6, 6.07) is 6.50. The van der Waals surface area contributed by atoms with Gasteiger partial charge in [0, 0.05) is 45.8 Å². The number of phenolic OH excluding ortho intramolecular Hbond substituents is 5. The van der Waals surface area contributed by atoms with Gasteiger partial charge in [0.25, 0.3) is 0 Å². The zero-order valence-electron chi connectivity index (χ0n) is 20.7. The van der Waals surface area contributed by atoms with E-state index in [9.17, 15) is 35.1 Å². The van der Waals surface area contributed by atoms with Gasteiger partial charge in [0.2, 0.25) is 0 Å². The van der Waals surface area contributed by atoms with Gasteiger partial charge in [0.05, 0.1) is 16.9 Å². The molecule has 3 atom stereocenters. The van der Waals surface area contributed by atoms with Crippen molar-refractivity contribution in [2.45, 2.75) is 39.4 Å². The third-order valence-corrected chi connectivity index (χ3v) is 7.54. The number of carbonyl (C=O) groups excluding carboxylic acids is 2. The van der Waals surface area contributed by atoms with E-state index in [2.05, 4.69) is 0 Å². The van der Waals surface area contributed by atoms with Gasteiger partial charge in [-0.2, -0.15) is 0 Å². The molecule has 194 valence electrons. The lowest BCUT2D eigenvalue weighted by Crippen LogP contribution is -2.33. The molecule has 0 aromatic heterocycles. The molecule has 0 radical (unpaired) electrons. The molecule has 38 heavy (non-hydrogen) atoms. The number of Topliss-reactive ketones (excluding diaryl/α,β-unsaturated/α-hetero) is 2. The summed E-state index contributed by atoms with van der Waals surface area (Å²) in [6.07, 6.45) is -0.701. The maximum atomic E-state index is 13.0. The van der Waals surface area contributed by atoms with Crippen LogP contribution in [0, 0.1) is 5.92 Å². The van der Waals surface area contributed by atoms with Crippen LogP contribution in [0.4, 0.5) is 0 Å².